The van der Waals surface area contributed by atoms with Crippen LogP contribution in [0.5, 0.6) is 0 Å². The highest BCUT2D eigenvalue weighted by Crippen LogP contribution is 2.39. The molecular weight excluding hydrogens is 204 g/mol. The van der Waals surface area contributed by atoms with E-state index in [1.807, 2.05) is 11.4 Å². The Morgan fingerprint density at radius 1 is 1.60 bits per heavy atom. The Hall–Kier alpha value is -0.850. The van der Waals surface area contributed by atoms with Gasteiger partial charge in [0.2, 0.25) is 0 Å². The summed E-state index contributed by atoms with van der Waals surface area (Å²) >= 11 is 1.66. The van der Waals surface area contributed by atoms with E-state index in [4.69, 9.17) is 5.26 Å². The summed E-state index contributed by atoms with van der Waals surface area (Å²) < 4.78 is 0. The lowest BCUT2D eigenvalue weighted by atomic mass is 9.99. The van der Waals surface area contributed by atoms with E-state index in [1.165, 1.54) is 17.7 Å². The van der Waals surface area contributed by atoms with E-state index < -0.39 is 0 Å². The lowest BCUT2D eigenvalue weighted by Crippen LogP contribution is -2.40. The summed E-state index contributed by atoms with van der Waals surface area (Å²) in [5.74, 6) is 0.841. The summed E-state index contributed by atoms with van der Waals surface area (Å²) in [6, 6.07) is 4.14. The third kappa shape index (κ3) is 2.58. The normalized spacial score (nSPS) is 16.3. The van der Waals surface area contributed by atoms with Gasteiger partial charge in [0.15, 0.2) is 0 Å². The fraction of sp³-hybridized carbons (Fsp3) is 0.583. The molecule has 1 fully saturated rings. The van der Waals surface area contributed by atoms with Gasteiger partial charge in [0.05, 0.1) is 5.56 Å². The van der Waals surface area contributed by atoms with Crippen molar-refractivity contribution in [3.63, 3.8) is 0 Å². The molecular formula is C12H16N2S. The predicted octanol–water partition coefficient (Wildman–Crippen LogP) is 2.90. The van der Waals surface area contributed by atoms with Gasteiger partial charge in [-0.1, -0.05) is 0 Å². The molecule has 1 N–H and O–H groups in total. The molecule has 0 saturated heterocycles. The van der Waals surface area contributed by atoms with Crippen LogP contribution in [-0.4, -0.2) is 5.54 Å². The Bertz CT molecular complexity index is 383. The monoisotopic (exact) mass is 220 g/mol. The van der Waals surface area contributed by atoms with Crippen molar-refractivity contribution in [2.24, 2.45) is 5.92 Å². The van der Waals surface area contributed by atoms with Crippen molar-refractivity contribution in [3.8, 4) is 6.07 Å². The van der Waals surface area contributed by atoms with E-state index in [0.29, 0.717) is 0 Å². The first-order valence-corrected chi connectivity index (χ1v) is 6.22. The van der Waals surface area contributed by atoms with E-state index in [1.54, 1.807) is 11.3 Å². The molecule has 1 aliphatic rings. The average molecular weight is 220 g/mol. The van der Waals surface area contributed by atoms with Gasteiger partial charge < -0.3 is 5.32 Å². The smallest absolute Gasteiger partial charge is 0.100 e. The van der Waals surface area contributed by atoms with Gasteiger partial charge >= 0.3 is 0 Å². The average Bonchev–Trinajstić information content (AvgIpc) is 2.96. The standard InChI is InChI=1S/C12H16N2S/c1-12(2,10-3-4-10)14-7-11-5-9(6-13)8-15-11/h5,8,10,14H,3-4,7H2,1-2H3. The Morgan fingerprint density at radius 3 is 2.87 bits per heavy atom. The van der Waals surface area contributed by atoms with E-state index in [0.717, 1.165) is 18.0 Å². The summed E-state index contributed by atoms with van der Waals surface area (Å²) in [5, 5.41) is 14.2. The Labute approximate surface area is 94.9 Å². The Morgan fingerprint density at radius 2 is 2.33 bits per heavy atom. The summed E-state index contributed by atoms with van der Waals surface area (Å²) in [4.78, 5) is 1.25. The zero-order valence-electron chi connectivity index (χ0n) is 9.21. The zero-order valence-corrected chi connectivity index (χ0v) is 10.0. The second-order valence-electron chi connectivity index (χ2n) is 4.76. The molecule has 0 spiro atoms. The molecule has 0 amide bonds. The highest BCUT2D eigenvalue weighted by Gasteiger charge is 2.37. The molecule has 80 valence electrons. The molecule has 0 radical (unpaired) electrons. The van der Waals surface area contributed by atoms with Crippen molar-refractivity contribution >= 4 is 11.3 Å². The molecule has 0 bridgehead atoms. The summed E-state index contributed by atoms with van der Waals surface area (Å²) in [7, 11) is 0. The molecule has 0 aromatic carbocycles. The van der Waals surface area contributed by atoms with Gasteiger partial charge in [0, 0.05) is 22.3 Å². The minimum absolute atomic E-state index is 0.247. The highest BCUT2D eigenvalue weighted by molar-refractivity contribution is 7.10. The van der Waals surface area contributed by atoms with Gasteiger partial charge in [-0.15, -0.1) is 11.3 Å². The van der Waals surface area contributed by atoms with Crippen LogP contribution < -0.4 is 5.32 Å². The molecule has 1 saturated carbocycles. The second-order valence-corrected chi connectivity index (χ2v) is 5.76. The minimum atomic E-state index is 0.247. The first-order valence-electron chi connectivity index (χ1n) is 5.34. The largest absolute Gasteiger partial charge is 0.307 e. The maximum atomic E-state index is 8.71. The number of thiophene rings is 1. The van der Waals surface area contributed by atoms with Crippen molar-refractivity contribution in [1.82, 2.24) is 5.32 Å². The predicted molar refractivity (Wildman–Crippen MR) is 62.7 cm³/mol. The number of nitrogens with one attached hydrogen (secondary N) is 1. The van der Waals surface area contributed by atoms with Crippen LogP contribution >= 0.6 is 11.3 Å². The van der Waals surface area contributed by atoms with E-state index in [9.17, 15) is 0 Å². The number of nitrogens with zero attached hydrogens (tertiary/aromatic N) is 1. The first-order chi connectivity index (χ1) is 7.12. The fourth-order valence-corrected chi connectivity index (χ4v) is 2.55. The molecule has 1 aromatic rings. The minimum Gasteiger partial charge on any atom is -0.307 e. The van der Waals surface area contributed by atoms with Crippen molar-refractivity contribution in [2.75, 3.05) is 0 Å². The number of rotatable bonds is 4. The van der Waals surface area contributed by atoms with Crippen molar-refractivity contribution in [1.29, 1.82) is 5.26 Å². The third-order valence-corrected chi connectivity index (χ3v) is 4.04. The number of hydrogen-bond donors (Lipinski definition) is 1. The van der Waals surface area contributed by atoms with Crippen molar-refractivity contribution in [3.05, 3.63) is 21.9 Å². The highest BCUT2D eigenvalue weighted by atomic mass is 32.1. The van der Waals surface area contributed by atoms with Crippen LogP contribution in [0.1, 0.15) is 37.1 Å². The van der Waals surface area contributed by atoms with E-state index in [2.05, 4.69) is 25.2 Å². The van der Waals surface area contributed by atoms with Crippen LogP contribution in [0.2, 0.25) is 0 Å². The van der Waals surface area contributed by atoms with Crippen LogP contribution in [0, 0.1) is 17.2 Å². The topological polar surface area (TPSA) is 35.8 Å². The van der Waals surface area contributed by atoms with Crippen LogP contribution in [0.15, 0.2) is 11.4 Å². The van der Waals surface area contributed by atoms with Gasteiger partial charge in [0.25, 0.3) is 0 Å². The van der Waals surface area contributed by atoms with E-state index in [-0.39, 0.29) is 5.54 Å². The summed E-state index contributed by atoms with van der Waals surface area (Å²) in [5.41, 5.74) is 1.03. The molecule has 0 unspecified atom stereocenters. The molecule has 1 heterocycles. The second kappa shape index (κ2) is 3.96. The lowest BCUT2D eigenvalue weighted by Gasteiger charge is -2.25. The van der Waals surface area contributed by atoms with E-state index >= 15 is 0 Å². The maximum Gasteiger partial charge on any atom is 0.100 e. The zero-order chi connectivity index (χ0) is 10.9. The maximum absolute atomic E-state index is 8.71. The van der Waals surface area contributed by atoms with Crippen LogP contribution in [0.25, 0.3) is 0 Å². The van der Waals surface area contributed by atoms with Crippen LogP contribution in [0.3, 0.4) is 0 Å². The van der Waals surface area contributed by atoms with Crippen molar-refractivity contribution < 1.29 is 0 Å². The molecule has 0 atom stereocenters. The lowest BCUT2D eigenvalue weighted by molar-refractivity contribution is 0.341. The quantitative estimate of drug-likeness (QED) is 0.847. The first kappa shape index (κ1) is 10.7. The van der Waals surface area contributed by atoms with Gasteiger partial charge in [-0.05, 0) is 38.7 Å². The summed E-state index contributed by atoms with van der Waals surface area (Å²) in [6.45, 7) is 5.42. The third-order valence-electron chi connectivity index (χ3n) is 3.10. The SMILES string of the molecule is CC(C)(NCc1cc(C#N)cs1)C1CC1. The molecule has 2 nitrogen and oxygen atoms in total. The molecule has 1 aliphatic carbocycles. The van der Waals surface area contributed by atoms with Gasteiger partial charge in [-0.3, -0.25) is 0 Å². The molecule has 3 heteroatoms. The fourth-order valence-electron chi connectivity index (χ4n) is 1.80. The van der Waals surface area contributed by atoms with Crippen LogP contribution in [0.4, 0.5) is 0 Å². The number of nitriles is 1. The summed E-state index contributed by atoms with van der Waals surface area (Å²) in [6.07, 6.45) is 2.71. The number of hydrogen-bond acceptors (Lipinski definition) is 3. The van der Waals surface area contributed by atoms with Crippen LogP contribution in [-0.2, 0) is 6.54 Å². The van der Waals surface area contributed by atoms with Crippen molar-refractivity contribution in [2.45, 2.75) is 38.8 Å². The van der Waals surface area contributed by atoms with Gasteiger partial charge in [-0.25, -0.2) is 0 Å². The Kier molecular flexibility index (Phi) is 2.81. The molecule has 2 rings (SSSR count). The molecule has 1 aromatic heterocycles. The molecule has 15 heavy (non-hydrogen) atoms. The molecule has 0 aliphatic heterocycles. The van der Waals surface area contributed by atoms with Gasteiger partial charge in [-0.2, -0.15) is 5.26 Å². The van der Waals surface area contributed by atoms with Gasteiger partial charge in [0.1, 0.15) is 6.07 Å². The Balaban J connectivity index is 1.90.